The van der Waals surface area contributed by atoms with Gasteiger partial charge in [-0.1, -0.05) is 0 Å². The monoisotopic (exact) mass is 370 g/mol. The summed E-state index contributed by atoms with van der Waals surface area (Å²) in [6.07, 6.45) is 1.70. The molecule has 134 valence electrons. The van der Waals surface area contributed by atoms with Gasteiger partial charge in [0.1, 0.15) is 22.9 Å². The number of carbonyl (C=O) groups is 1. The van der Waals surface area contributed by atoms with Gasteiger partial charge < -0.3 is 19.5 Å². The molecule has 6 nitrogen and oxygen atoms in total. The second-order valence-corrected chi connectivity index (χ2v) is 5.82. The van der Waals surface area contributed by atoms with E-state index in [1.165, 1.54) is 4.90 Å². The molecule has 26 heavy (non-hydrogen) atoms. The van der Waals surface area contributed by atoms with E-state index in [2.05, 4.69) is 5.32 Å². The van der Waals surface area contributed by atoms with Crippen LogP contribution in [0.1, 0.15) is 5.56 Å². The van der Waals surface area contributed by atoms with Crippen LogP contribution in [0.25, 0.3) is 6.08 Å². The van der Waals surface area contributed by atoms with Crippen LogP contribution in [-0.2, 0) is 4.79 Å². The number of hydrogen-bond donors (Lipinski definition) is 1. The number of thiocarbonyl (C=S) groups is 1. The van der Waals surface area contributed by atoms with Crippen LogP contribution in [0.4, 0.5) is 5.69 Å². The summed E-state index contributed by atoms with van der Waals surface area (Å²) in [5, 5.41) is 3.28. The molecule has 1 saturated heterocycles. The minimum absolute atomic E-state index is 0.238. The Morgan fingerprint density at radius 3 is 2.23 bits per heavy atom. The minimum Gasteiger partial charge on any atom is -0.497 e. The molecule has 2 aromatic rings. The zero-order valence-corrected chi connectivity index (χ0v) is 15.4. The highest BCUT2D eigenvalue weighted by molar-refractivity contribution is 7.80. The van der Waals surface area contributed by atoms with Crippen molar-refractivity contribution in [1.29, 1.82) is 0 Å². The number of nitrogens with one attached hydrogen (secondary N) is 1. The Morgan fingerprint density at radius 2 is 1.62 bits per heavy atom. The van der Waals surface area contributed by atoms with E-state index in [9.17, 15) is 4.79 Å². The molecule has 1 N–H and O–H groups in total. The average Bonchev–Trinajstić information content (AvgIpc) is 2.95. The molecule has 2 aromatic carbocycles. The molecule has 1 aliphatic heterocycles. The zero-order valence-electron chi connectivity index (χ0n) is 14.6. The number of methoxy groups -OCH3 is 3. The topological polar surface area (TPSA) is 60.0 Å². The third kappa shape index (κ3) is 3.34. The van der Waals surface area contributed by atoms with Crippen molar-refractivity contribution in [3.63, 3.8) is 0 Å². The zero-order chi connectivity index (χ0) is 18.7. The molecule has 0 saturated carbocycles. The fourth-order valence-corrected chi connectivity index (χ4v) is 2.89. The Hall–Kier alpha value is -3.06. The summed E-state index contributed by atoms with van der Waals surface area (Å²) in [5.74, 6) is 1.74. The Bertz CT molecular complexity index is 878. The van der Waals surface area contributed by atoms with Crippen molar-refractivity contribution in [1.82, 2.24) is 5.32 Å². The summed E-state index contributed by atoms with van der Waals surface area (Å²) < 4.78 is 15.7. The van der Waals surface area contributed by atoms with Gasteiger partial charge in [0.25, 0.3) is 5.91 Å². The number of carbonyl (C=O) groups excluding carboxylic acids is 1. The first-order valence-corrected chi connectivity index (χ1v) is 8.21. The number of rotatable bonds is 5. The van der Waals surface area contributed by atoms with Gasteiger partial charge in [0.15, 0.2) is 5.11 Å². The molecule has 0 unspecified atom stereocenters. The number of hydrogen-bond acceptors (Lipinski definition) is 5. The predicted molar refractivity (Wildman–Crippen MR) is 104 cm³/mol. The van der Waals surface area contributed by atoms with Crippen molar-refractivity contribution in [2.75, 3.05) is 26.2 Å². The smallest absolute Gasteiger partial charge is 0.281 e. The summed E-state index contributed by atoms with van der Waals surface area (Å²) in [7, 11) is 4.74. The number of ether oxygens (including phenoxy) is 3. The molecule has 1 aliphatic rings. The molecular weight excluding hydrogens is 352 g/mol. The van der Waals surface area contributed by atoms with Crippen LogP contribution >= 0.6 is 12.2 Å². The van der Waals surface area contributed by atoms with Gasteiger partial charge in [-0.3, -0.25) is 9.69 Å². The maximum Gasteiger partial charge on any atom is 0.281 e. The predicted octanol–water partition coefficient (Wildman–Crippen LogP) is 2.97. The minimum atomic E-state index is -0.238. The second-order valence-electron chi connectivity index (χ2n) is 5.43. The molecule has 1 heterocycles. The third-order valence-electron chi connectivity index (χ3n) is 3.95. The average molecular weight is 370 g/mol. The first-order chi connectivity index (χ1) is 12.6. The number of amides is 1. The van der Waals surface area contributed by atoms with Crippen LogP contribution in [0.3, 0.4) is 0 Å². The Balaban J connectivity index is 1.92. The summed E-state index contributed by atoms with van der Waals surface area (Å²) in [6, 6.07) is 12.5. The van der Waals surface area contributed by atoms with Gasteiger partial charge >= 0.3 is 0 Å². The number of benzene rings is 2. The van der Waals surface area contributed by atoms with E-state index >= 15 is 0 Å². The van der Waals surface area contributed by atoms with E-state index in [-0.39, 0.29) is 5.91 Å². The van der Waals surface area contributed by atoms with Crippen LogP contribution in [0.5, 0.6) is 17.2 Å². The summed E-state index contributed by atoms with van der Waals surface area (Å²) in [4.78, 5) is 14.2. The van der Waals surface area contributed by atoms with E-state index in [1.54, 1.807) is 63.8 Å². The number of anilines is 1. The Kier molecular flexibility index (Phi) is 5.09. The van der Waals surface area contributed by atoms with Crippen LogP contribution in [0.15, 0.2) is 48.2 Å². The summed E-state index contributed by atoms with van der Waals surface area (Å²) >= 11 is 5.33. The highest BCUT2D eigenvalue weighted by Gasteiger charge is 2.32. The standard InChI is InChI=1S/C19H18N2O4S/c1-23-14-8-5-13(6-9-14)21-18(22)16(20-19(21)26)10-12-4-7-15(24-2)11-17(12)25-3/h4-11H,1-3H3,(H,20,26). The van der Waals surface area contributed by atoms with Crippen molar-refractivity contribution in [3.05, 3.63) is 53.7 Å². The SMILES string of the molecule is COc1ccc(N2C(=O)C(=Cc3ccc(OC)cc3OC)NC2=S)cc1. The molecule has 0 aliphatic carbocycles. The van der Waals surface area contributed by atoms with Gasteiger partial charge in [0.05, 0.1) is 27.0 Å². The van der Waals surface area contributed by atoms with Gasteiger partial charge in [-0.2, -0.15) is 0 Å². The maximum atomic E-state index is 12.8. The highest BCUT2D eigenvalue weighted by atomic mass is 32.1. The fourth-order valence-electron chi connectivity index (χ4n) is 2.59. The van der Waals surface area contributed by atoms with Crippen LogP contribution in [0, 0.1) is 0 Å². The van der Waals surface area contributed by atoms with Crippen LogP contribution in [0.2, 0.25) is 0 Å². The maximum absolute atomic E-state index is 12.8. The molecule has 0 bridgehead atoms. The molecule has 0 spiro atoms. The second kappa shape index (κ2) is 7.45. The highest BCUT2D eigenvalue weighted by Crippen LogP contribution is 2.29. The first kappa shape index (κ1) is 17.8. The molecule has 7 heteroatoms. The van der Waals surface area contributed by atoms with E-state index in [0.717, 1.165) is 5.56 Å². The Labute approximate surface area is 157 Å². The third-order valence-corrected chi connectivity index (χ3v) is 4.23. The summed E-state index contributed by atoms with van der Waals surface area (Å²) in [6.45, 7) is 0. The molecule has 1 amide bonds. The molecule has 3 rings (SSSR count). The van der Waals surface area contributed by atoms with E-state index in [1.807, 2.05) is 6.07 Å². The fraction of sp³-hybridized carbons (Fsp3) is 0.158. The van der Waals surface area contributed by atoms with Gasteiger partial charge in [0.2, 0.25) is 0 Å². The van der Waals surface area contributed by atoms with Gasteiger partial charge in [-0.05, 0) is 54.7 Å². The lowest BCUT2D eigenvalue weighted by Crippen LogP contribution is -2.30. The van der Waals surface area contributed by atoms with Gasteiger partial charge in [-0.15, -0.1) is 0 Å². The largest absolute Gasteiger partial charge is 0.497 e. The van der Waals surface area contributed by atoms with Crippen molar-refractivity contribution in [2.45, 2.75) is 0 Å². The van der Waals surface area contributed by atoms with E-state index < -0.39 is 0 Å². The van der Waals surface area contributed by atoms with Gasteiger partial charge in [0, 0.05) is 11.6 Å². The van der Waals surface area contributed by atoms with Gasteiger partial charge in [-0.25, -0.2) is 0 Å². The molecule has 0 atom stereocenters. The quantitative estimate of drug-likeness (QED) is 0.645. The molecule has 0 aromatic heterocycles. The van der Waals surface area contributed by atoms with E-state index in [4.69, 9.17) is 26.4 Å². The van der Waals surface area contributed by atoms with E-state index in [0.29, 0.717) is 33.7 Å². The van der Waals surface area contributed by atoms with Crippen LogP contribution < -0.4 is 24.4 Å². The van der Waals surface area contributed by atoms with Crippen molar-refractivity contribution >= 4 is 35.0 Å². The molecular formula is C19H18N2O4S. The Morgan fingerprint density at radius 1 is 0.962 bits per heavy atom. The van der Waals surface area contributed by atoms with Crippen LogP contribution in [-0.4, -0.2) is 32.3 Å². The summed E-state index contributed by atoms with van der Waals surface area (Å²) in [5.41, 5.74) is 1.77. The van der Waals surface area contributed by atoms with Crippen molar-refractivity contribution in [2.24, 2.45) is 0 Å². The first-order valence-electron chi connectivity index (χ1n) is 7.80. The lowest BCUT2D eigenvalue weighted by atomic mass is 10.1. The van der Waals surface area contributed by atoms with Crippen molar-refractivity contribution in [3.8, 4) is 17.2 Å². The lowest BCUT2D eigenvalue weighted by Gasteiger charge is -2.14. The molecule has 1 fully saturated rings. The molecule has 0 radical (unpaired) electrons. The van der Waals surface area contributed by atoms with Crippen molar-refractivity contribution < 1.29 is 19.0 Å². The normalized spacial score (nSPS) is 15.2. The number of nitrogens with zero attached hydrogens (tertiary/aromatic N) is 1. The lowest BCUT2D eigenvalue weighted by molar-refractivity contribution is -0.113.